The highest BCUT2D eigenvalue weighted by Crippen LogP contribution is 2.20. The van der Waals surface area contributed by atoms with Gasteiger partial charge in [-0.25, -0.2) is 0 Å². The topological polar surface area (TPSA) is 61.8 Å². The lowest BCUT2D eigenvalue weighted by atomic mass is 9.98. The van der Waals surface area contributed by atoms with E-state index in [2.05, 4.69) is 37.0 Å². The first kappa shape index (κ1) is 16.3. The van der Waals surface area contributed by atoms with Gasteiger partial charge in [0.2, 0.25) is 0 Å². The number of nitrogens with two attached hydrogens (primary N) is 1. The predicted octanol–water partition coefficient (Wildman–Crippen LogP) is 3.43. The first-order chi connectivity index (χ1) is 9.62. The third kappa shape index (κ3) is 4.76. The van der Waals surface area contributed by atoms with Gasteiger partial charge in [0.15, 0.2) is 5.84 Å². The third-order valence-electron chi connectivity index (χ3n) is 3.77. The molecule has 0 aliphatic carbocycles. The predicted molar refractivity (Wildman–Crippen MR) is 85.5 cm³/mol. The van der Waals surface area contributed by atoms with E-state index in [0.717, 1.165) is 17.8 Å². The summed E-state index contributed by atoms with van der Waals surface area (Å²) in [7, 11) is 2.10. The van der Waals surface area contributed by atoms with Crippen molar-refractivity contribution < 1.29 is 5.21 Å². The Hall–Kier alpha value is -1.71. The van der Waals surface area contributed by atoms with Crippen molar-refractivity contribution in [1.29, 1.82) is 0 Å². The van der Waals surface area contributed by atoms with Crippen molar-refractivity contribution in [3.63, 3.8) is 0 Å². The molecule has 0 aromatic heterocycles. The molecule has 1 aromatic carbocycles. The highest BCUT2D eigenvalue weighted by atomic mass is 16.4. The van der Waals surface area contributed by atoms with Gasteiger partial charge in [0.25, 0.3) is 0 Å². The molecule has 0 spiro atoms. The summed E-state index contributed by atoms with van der Waals surface area (Å²) in [5, 5.41) is 11.8. The van der Waals surface area contributed by atoms with Crippen molar-refractivity contribution in [1.82, 2.24) is 0 Å². The van der Waals surface area contributed by atoms with Crippen LogP contribution in [-0.2, 0) is 0 Å². The molecule has 4 heteroatoms. The van der Waals surface area contributed by atoms with Crippen LogP contribution in [-0.4, -0.2) is 24.6 Å². The van der Waals surface area contributed by atoms with Crippen molar-refractivity contribution in [3.05, 3.63) is 29.8 Å². The summed E-state index contributed by atoms with van der Waals surface area (Å²) in [5.41, 5.74) is 7.49. The maximum Gasteiger partial charge on any atom is 0.170 e. The zero-order chi connectivity index (χ0) is 15.0. The number of rotatable bonds is 8. The molecule has 0 saturated carbocycles. The number of benzene rings is 1. The van der Waals surface area contributed by atoms with Crippen LogP contribution in [0.15, 0.2) is 29.4 Å². The second kappa shape index (κ2) is 8.46. The monoisotopic (exact) mass is 277 g/mol. The molecule has 0 amide bonds. The van der Waals surface area contributed by atoms with E-state index in [1.54, 1.807) is 0 Å². The lowest BCUT2D eigenvalue weighted by Crippen LogP contribution is -2.25. The van der Waals surface area contributed by atoms with Crippen LogP contribution in [0.5, 0.6) is 0 Å². The van der Waals surface area contributed by atoms with Crippen LogP contribution in [0.1, 0.15) is 45.1 Å². The van der Waals surface area contributed by atoms with Crippen LogP contribution in [0.2, 0.25) is 0 Å². The maximum atomic E-state index is 8.75. The SMILES string of the molecule is CCCCC(CC)CN(C)c1cccc(C(N)=NO)c1. The first-order valence-corrected chi connectivity index (χ1v) is 7.41. The molecule has 20 heavy (non-hydrogen) atoms. The number of unbranched alkanes of at least 4 members (excludes halogenated alkanes) is 1. The maximum absolute atomic E-state index is 8.75. The lowest BCUT2D eigenvalue weighted by Gasteiger charge is -2.25. The van der Waals surface area contributed by atoms with Gasteiger partial charge in [0.1, 0.15) is 0 Å². The van der Waals surface area contributed by atoms with E-state index in [1.165, 1.54) is 25.7 Å². The molecule has 3 N–H and O–H groups in total. The average molecular weight is 277 g/mol. The van der Waals surface area contributed by atoms with Gasteiger partial charge in [0, 0.05) is 24.8 Å². The van der Waals surface area contributed by atoms with Gasteiger partial charge in [-0.1, -0.05) is 50.4 Å². The highest BCUT2D eigenvalue weighted by molar-refractivity contribution is 5.97. The molecule has 1 unspecified atom stereocenters. The largest absolute Gasteiger partial charge is 0.409 e. The second-order valence-electron chi connectivity index (χ2n) is 5.33. The minimum absolute atomic E-state index is 0.151. The molecule has 0 radical (unpaired) electrons. The summed E-state index contributed by atoms with van der Waals surface area (Å²) in [5.74, 6) is 0.866. The average Bonchev–Trinajstić information content (AvgIpc) is 2.50. The molecular formula is C16H27N3O. The molecular weight excluding hydrogens is 250 g/mol. The van der Waals surface area contributed by atoms with E-state index in [-0.39, 0.29) is 5.84 Å². The Bertz CT molecular complexity index is 431. The minimum Gasteiger partial charge on any atom is -0.409 e. The Labute approximate surface area is 122 Å². The number of hydrogen-bond acceptors (Lipinski definition) is 3. The fraction of sp³-hybridized carbons (Fsp3) is 0.562. The van der Waals surface area contributed by atoms with Gasteiger partial charge in [0.05, 0.1) is 0 Å². The number of oxime groups is 1. The number of hydrogen-bond donors (Lipinski definition) is 2. The van der Waals surface area contributed by atoms with Crippen LogP contribution in [0.25, 0.3) is 0 Å². The number of nitrogens with zero attached hydrogens (tertiary/aromatic N) is 2. The van der Waals surface area contributed by atoms with Crippen molar-refractivity contribution in [3.8, 4) is 0 Å². The summed E-state index contributed by atoms with van der Waals surface area (Å²) in [6.45, 7) is 5.52. The van der Waals surface area contributed by atoms with E-state index in [9.17, 15) is 0 Å². The van der Waals surface area contributed by atoms with Crippen LogP contribution >= 0.6 is 0 Å². The summed E-state index contributed by atoms with van der Waals surface area (Å²) in [6.07, 6.45) is 5.01. The van der Waals surface area contributed by atoms with Crippen LogP contribution in [0.4, 0.5) is 5.69 Å². The summed E-state index contributed by atoms with van der Waals surface area (Å²) in [4.78, 5) is 2.25. The van der Waals surface area contributed by atoms with Crippen molar-refractivity contribution in [2.45, 2.75) is 39.5 Å². The Morgan fingerprint density at radius 2 is 2.15 bits per heavy atom. The Morgan fingerprint density at radius 3 is 2.75 bits per heavy atom. The fourth-order valence-corrected chi connectivity index (χ4v) is 2.37. The molecule has 0 fully saturated rings. The van der Waals surface area contributed by atoms with Gasteiger partial charge in [-0.3, -0.25) is 0 Å². The number of amidine groups is 1. The normalized spacial score (nSPS) is 13.2. The fourth-order valence-electron chi connectivity index (χ4n) is 2.37. The smallest absolute Gasteiger partial charge is 0.170 e. The van der Waals surface area contributed by atoms with Crippen LogP contribution in [0.3, 0.4) is 0 Å². The van der Waals surface area contributed by atoms with Crippen molar-refractivity contribution >= 4 is 11.5 Å². The zero-order valence-electron chi connectivity index (χ0n) is 12.8. The van der Waals surface area contributed by atoms with E-state index < -0.39 is 0 Å². The molecule has 0 aliphatic heterocycles. The van der Waals surface area contributed by atoms with E-state index in [4.69, 9.17) is 10.9 Å². The van der Waals surface area contributed by atoms with Gasteiger partial charge in [-0.15, -0.1) is 0 Å². The molecule has 112 valence electrons. The molecule has 0 aliphatic rings. The van der Waals surface area contributed by atoms with E-state index >= 15 is 0 Å². The zero-order valence-corrected chi connectivity index (χ0v) is 12.8. The van der Waals surface area contributed by atoms with Crippen molar-refractivity contribution in [2.75, 3.05) is 18.5 Å². The number of anilines is 1. The molecule has 1 atom stereocenters. The van der Waals surface area contributed by atoms with Crippen molar-refractivity contribution in [2.24, 2.45) is 16.8 Å². The summed E-state index contributed by atoms with van der Waals surface area (Å²) < 4.78 is 0. The molecule has 0 bridgehead atoms. The third-order valence-corrected chi connectivity index (χ3v) is 3.77. The molecule has 1 rings (SSSR count). The van der Waals surface area contributed by atoms with Gasteiger partial charge < -0.3 is 15.8 Å². The summed E-state index contributed by atoms with van der Waals surface area (Å²) in [6, 6.07) is 7.80. The quantitative estimate of drug-likeness (QED) is 0.331. The second-order valence-corrected chi connectivity index (χ2v) is 5.33. The first-order valence-electron chi connectivity index (χ1n) is 7.41. The van der Waals surface area contributed by atoms with Crippen LogP contribution < -0.4 is 10.6 Å². The van der Waals surface area contributed by atoms with E-state index in [0.29, 0.717) is 5.92 Å². The lowest BCUT2D eigenvalue weighted by molar-refractivity contribution is 0.318. The van der Waals surface area contributed by atoms with Crippen LogP contribution in [0, 0.1) is 5.92 Å². The Balaban J connectivity index is 2.73. The standard InChI is InChI=1S/C16H27N3O/c1-4-6-8-13(5-2)12-19(3)15-10-7-9-14(11-15)16(17)18-20/h7,9-11,13,20H,4-6,8,12H2,1-3H3,(H2,17,18). The molecule has 4 nitrogen and oxygen atoms in total. The van der Waals surface area contributed by atoms with Gasteiger partial charge in [-0.2, -0.15) is 0 Å². The molecule has 0 saturated heterocycles. The summed E-state index contributed by atoms with van der Waals surface area (Å²) >= 11 is 0. The Morgan fingerprint density at radius 1 is 1.40 bits per heavy atom. The molecule has 1 aromatic rings. The van der Waals surface area contributed by atoms with Gasteiger partial charge >= 0.3 is 0 Å². The van der Waals surface area contributed by atoms with Gasteiger partial charge in [-0.05, 0) is 24.5 Å². The minimum atomic E-state index is 0.151. The Kier molecular flexibility index (Phi) is 6.91. The molecule has 0 heterocycles. The highest BCUT2D eigenvalue weighted by Gasteiger charge is 2.11. The van der Waals surface area contributed by atoms with E-state index in [1.807, 2.05) is 18.2 Å².